The van der Waals surface area contributed by atoms with E-state index in [1.165, 1.54) is 6.07 Å². The molecule has 12 heavy (non-hydrogen) atoms. The van der Waals surface area contributed by atoms with Crippen LogP contribution < -0.4 is 0 Å². The third kappa shape index (κ3) is 1.58. The zero-order chi connectivity index (χ0) is 9.30. The van der Waals surface area contributed by atoms with Crippen LogP contribution in [0.4, 0.5) is 0 Å². The van der Waals surface area contributed by atoms with E-state index in [4.69, 9.17) is 16.9 Å². The van der Waals surface area contributed by atoms with Crippen molar-refractivity contribution >= 4 is 17.7 Å². The van der Waals surface area contributed by atoms with Gasteiger partial charge in [0, 0.05) is 11.8 Å². The van der Waals surface area contributed by atoms with Crippen LogP contribution in [0.2, 0.25) is 0 Å². The second kappa shape index (κ2) is 3.15. The number of carboxylic acids is 1. The Morgan fingerprint density at radius 2 is 2.33 bits per heavy atom. The second-order valence-corrected chi connectivity index (χ2v) is 3.09. The van der Waals surface area contributed by atoms with Gasteiger partial charge in [-0.2, -0.15) is 9.30 Å². The van der Waals surface area contributed by atoms with E-state index in [0.717, 1.165) is 4.20 Å². The number of halogens is 1. The first-order valence-electron chi connectivity index (χ1n) is 3.51. The van der Waals surface area contributed by atoms with Gasteiger partial charge >= 0.3 is 5.97 Å². The summed E-state index contributed by atoms with van der Waals surface area (Å²) in [7, 11) is 0. The number of aromatic nitrogens is 2. The number of rotatable bonds is 2. The number of carbonyl (C=O) groups is 1. The van der Waals surface area contributed by atoms with Gasteiger partial charge in [0.25, 0.3) is 0 Å². The van der Waals surface area contributed by atoms with Gasteiger partial charge in [-0.25, -0.2) is 4.79 Å². The van der Waals surface area contributed by atoms with E-state index in [2.05, 4.69) is 5.10 Å². The van der Waals surface area contributed by atoms with E-state index in [1.54, 1.807) is 0 Å². The molecule has 1 aromatic heterocycles. The van der Waals surface area contributed by atoms with Gasteiger partial charge in [0.1, 0.15) is 0 Å². The van der Waals surface area contributed by atoms with Crippen molar-refractivity contribution in [3.63, 3.8) is 0 Å². The zero-order valence-electron chi connectivity index (χ0n) is 6.78. The fourth-order valence-electron chi connectivity index (χ4n) is 0.800. The first-order valence-corrected chi connectivity index (χ1v) is 3.85. The smallest absolute Gasteiger partial charge is 0.355 e. The Morgan fingerprint density at radius 3 is 2.58 bits per heavy atom. The van der Waals surface area contributed by atoms with Crippen molar-refractivity contribution in [3.05, 3.63) is 17.5 Å². The Balaban J connectivity index is 3.09. The standard InChI is InChI=1S/C7H9ClN2O2/c1-4(2)5-3-6(7(11)12)10(8)9-5/h3-4H,1-2H3,(H,11,12). The second-order valence-electron chi connectivity index (χ2n) is 2.77. The van der Waals surface area contributed by atoms with Gasteiger partial charge < -0.3 is 5.11 Å². The van der Waals surface area contributed by atoms with Crippen LogP contribution in [0.5, 0.6) is 0 Å². The Bertz CT molecular complexity index is 306. The predicted octanol–water partition coefficient (Wildman–Crippen LogP) is 1.71. The topological polar surface area (TPSA) is 55.1 Å². The molecule has 0 saturated carbocycles. The highest BCUT2D eigenvalue weighted by molar-refractivity contribution is 6.17. The number of nitrogens with zero attached hydrogens (tertiary/aromatic N) is 2. The zero-order valence-corrected chi connectivity index (χ0v) is 7.54. The summed E-state index contributed by atoms with van der Waals surface area (Å²) in [5, 5.41) is 12.4. The van der Waals surface area contributed by atoms with Gasteiger partial charge in [0.2, 0.25) is 0 Å². The van der Waals surface area contributed by atoms with Crippen molar-refractivity contribution in [1.82, 2.24) is 9.30 Å². The van der Waals surface area contributed by atoms with E-state index in [-0.39, 0.29) is 11.6 Å². The minimum Gasteiger partial charge on any atom is -0.476 e. The molecule has 0 fully saturated rings. The summed E-state index contributed by atoms with van der Waals surface area (Å²) in [5.41, 5.74) is 0.683. The molecule has 1 aromatic rings. The molecular formula is C7H9ClN2O2. The van der Waals surface area contributed by atoms with Crippen LogP contribution in [0, 0.1) is 0 Å². The van der Waals surface area contributed by atoms with E-state index in [1.807, 2.05) is 13.8 Å². The van der Waals surface area contributed by atoms with Crippen LogP contribution >= 0.6 is 11.8 Å². The summed E-state index contributed by atoms with van der Waals surface area (Å²) in [6, 6.07) is 1.47. The van der Waals surface area contributed by atoms with Crippen molar-refractivity contribution in [2.75, 3.05) is 0 Å². The minimum absolute atomic E-state index is 0.000340. The maximum Gasteiger partial charge on any atom is 0.355 e. The average molecular weight is 189 g/mol. The first-order chi connectivity index (χ1) is 5.52. The van der Waals surface area contributed by atoms with Gasteiger partial charge in [0.05, 0.1) is 5.69 Å². The molecule has 1 heterocycles. The molecule has 0 aliphatic rings. The van der Waals surface area contributed by atoms with Crippen molar-refractivity contribution in [2.45, 2.75) is 19.8 Å². The highest BCUT2D eigenvalue weighted by atomic mass is 35.5. The maximum absolute atomic E-state index is 10.5. The summed E-state index contributed by atoms with van der Waals surface area (Å²) < 4.78 is 0.859. The Labute approximate surface area is 74.9 Å². The third-order valence-corrected chi connectivity index (χ3v) is 1.76. The Hall–Kier alpha value is -1.03. The van der Waals surface area contributed by atoms with Crippen molar-refractivity contribution < 1.29 is 9.90 Å². The van der Waals surface area contributed by atoms with Gasteiger partial charge in [0.15, 0.2) is 5.69 Å². The van der Waals surface area contributed by atoms with Gasteiger partial charge in [-0.15, -0.1) is 0 Å². The summed E-state index contributed by atoms with van der Waals surface area (Å²) in [6.45, 7) is 3.84. The molecule has 0 radical (unpaired) electrons. The molecule has 0 aliphatic heterocycles. The van der Waals surface area contributed by atoms with Crippen LogP contribution in [0.25, 0.3) is 0 Å². The van der Waals surface area contributed by atoms with Gasteiger partial charge in [-0.1, -0.05) is 13.8 Å². The van der Waals surface area contributed by atoms with Crippen LogP contribution in [-0.2, 0) is 0 Å². The summed E-state index contributed by atoms with van der Waals surface area (Å²) >= 11 is 5.51. The molecule has 0 amide bonds. The first kappa shape index (κ1) is 9.06. The predicted molar refractivity (Wildman–Crippen MR) is 44.5 cm³/mol. The average Bonchev–Trinajstić information content (AvgIpc) is 2.30. The summed E-state index contributed by atoms with van der Waals surface area (Å²) in [6.07, 6.45) is 0. The van der Waals surface area contributed by atoms with E-state index in [9.17, 15) is 4.79 Å². The summed E-state index contributed by atoms with van der Waals surface area (Å²) in [4.78, 5) is 10.5. The third-order valence-electron chi connectivity index (χ3n) is 1.50. The van der Waals surface area contributed by atoms with Crippen molar-refractivity contribution in [3.8, 4) is 0 Å². The minimum atomic E-state index is -1.07. The van der Waals surface area contributed by atoms with Crippen LogP contribution in [-0.4, -0.2) is 20.4 Å². The lowest BCUT2D eigenvalue weighted by Crippen LogP contribution is -2.00. The monoisotopic (exact) mass is 188 g/mol. The molecule has 1 rings (SSSR count). The Kier molecular flexibility index (Phi) is 2.38. The number of hydrogen-bond acceptors (Lipinski definition) is 2. The lowest BCUT2D eigenvalue weighted by atomic mass is 10.1. The fourth-order valence-corrected chi connectivity index (χ4v) is 1.01. The molecule has 0 atom stereocenters. The highest BCUT2D eigenvalue weighted by Crippen LogP contribution is 2.14. The molecular weight excluding hydrogens is 180 g/mol. The van der Waals surface area contributed by atoms with Crippen LogP contribution in [0.1, 0.15) is 35.9 Å². The van der Waals surface area contributed by atoms with Crippen molar-refractivity contribution in [1.29, 1.82) is 0 Å². The quantitative estimate of drug-likeness (QED) is 0.769. The molecule has 0 spiro atoms. The fraction of sp³-hybridized carbons (Fsp3) is 0.429. The molecule has 0 saturated heterocycles. The van der Waals surface area contributed by atoms with E-state index < -0.39 is 5.97 Å². The normalized spacial score (nSPS) is 10.7. The molecule has 0 aromatic carbocycles. The number of hydrogen-bond donors (Lipinski definition) is 1. The molecule has 4 nitrogen and oxygen atoms in total. The van der Waals surface area contributed by atoms with Gasteiger partial charge in [-0.05, 0) is 12.0 Å². The number of carboxylic acid groups (broad SMARTS) is 1. The molecule has 1 N–H and O–H groups in total. The van der Waals surface area contributed by atoms with Crippen molar-refractivity contribution in [2.24, 2.45) is 0 Å². The lowest BCUT2D eigenvalue weighted by molar-refractivity contribution is 0.0688. The maximum atomic E-state index is 10.5. The molecule has 0 unspecified atom stereocenters. The molecule has 66 valence electrons. The van der Waals surface area contributed by atoms with E-state index in [0.29, 0.717) is 5.69 Å². The highest BCUT2D eigenvalue weighted by Gasteiger charge is 2.14. The SMILES string of the molecule is CC(C)c1cc(C(=O)O)n(Cl)n1. The van der Waals surface area contributed by atoms with Gasteiger partial charge in [-0.3, -0.25) is 0 Å². The van der Waals surface area contributed by atoms with Crippen LogP contribution in [0.15, 0.2) is 6.07 Å². The Morgan fingerprint density at radius 1 is 1.75 bits per heavy atom. The number of aromatic carboxylic acids is 1. The molecule has 5 heteroatoms. The molecule has 0 aliphatic carbocycles. The molecule has 0 bridgehead atoms. The largest absolute Gasteiger partial charge is 0.476 e. The van der Waals surface area contributed by atoms with E-state index >= 15 is 0 Å². The summed E-state index contributed by atoms with van der Waals surface area (Å²) in [5.74, 6) is -0.882. The van der Waals surface area contributed by atoms with Crippen LogP contribution in [0.3, 0.4) is 0 Å². The lowest BCUT2D eigenvalue weighted by Gasteiger charge is -1.94.